The molecule has 1 N–H and O–H groups in total. The van der Waals surface area contributed by atoms with E-state index in [2.05, 4.69) is 15.3 Å². The summed E-state index contributed by atoms with van der Waals surface area (Å²) in [5.74, 6) is -1.10. The van der Waals surface area contributed by atoms with Gasteiger partial charge in [-0.25, -0.2) is 0 Å². The van der Waals surface area contributed by atoms with Gasteiger partial charge >= 0.3 is 12.3 Å². The molecule has 0 aliphatic heterocycles. The predicted molar refractivity (Wildman–Crippen MR) is 50.3 cm³/mol. The van der Waals surface area contributed by atoms with Gasteiger partial charge in [-0.3, -0.25) is 5.43 Å². The van der Waals surface area contributed by atoms with Crippen molar-refractivity contribution in [1.29, 1.82) is 5.26 Å². The van der Waals surface area contributed by atoms with Crippen LogP contribution in [0.25, 0.3) is 0 Å². The maximum absolute atomic E-state index is 11.7. The molecule has 0 aromatic heterocycles. The molecule has 0 fully saturated rings. The third kappa shape index (κ3) is 4.32. The van der Waals surface area contributed by atoms with Crippen LogP contribution >= 0.6 is 0 Å². The van der Waals surface area contributed by atoms with Crippen molar-refractivity contribution in [3.63, 3.8) is 0 Å². The molecule has 84 valence electrons. The average Bonchev–Trinajstić information content (AvgIpc) is 2.24. The van der Waals surface area contributed by atoms with Crippen LogP contribution < -0.4 is 5.43 Å². The minimum atomic E-state index is -4.92. The lowest BCUT2D eigenvalue weighted by atomic mass is 10.3. The van der Waals surface area contributed by atoms with Crippen LogP contribution in [0.15, 0.2) is 35.4 Å². The van der Waals surface area contributed by atoms with Crippen molar-refractivity contribution in [3.05, 3.63) is 30.3 Å². The Morgan fingerprint density at radius 2 is 1.94 bits per heavy atom. The maximum atomic E-state index is 11.7. The molecule has 7 heteroatoms. The minimum absolute atomic E-state index is 0.445. The summed E-state index contributed by atoms with van der Waals surface area (Å²) in [7, 11) is 0. The van der Waals surface area contributed by atoms with Crippen molar-refractivity contribution in [2.75, 3.05) is 5.43 Å². The highest BCUT2D eigenvalue weighted by atomic mass is 19.4. The smallest absolute Gasteiger partial charge is 0.376 e. The van der Waals surface area contributed by atoms with Gasteiger partial charge in [0.25, 0.3) is 0 Å². The molecule has 1 rings (SSSR count). The number of para-hydroxylation sites is 1. The molecule has 1 aromatic carbocycles. The Balaban J connectivity index is 2.65. The normalized spacial score (nSPS) is 11.8. The number of hydrazone groups is 1. The second-order valence-electron chi connectivity index (χ2n) is 2.55. The lowest BCUT2D eigenvalue weighted by Gasteiger charge is -2.06. The van der Waals surface area contributed by atoms with E-state index in [9.17, 15) is 13.2 Å². The van der Waals surface area contributed by atoms with Gasteiger partial charge in [0.1, 0.15) is 0 Å². The van der Waals surface area contributed by atoms with Gasteiger partial charge in [0, 0.05) is 0 Å². The molecule has 4 nitrogen and oxygen atoms in total. The zero-order chi connectivity index (χ0) is 12.0. The first-order valence-corrected chi connectivity index (χ1v) is 4.06. The van der Waals surface area contributed by atoms with Gasteiger partial charge in [0.05, 0.1) is 5.69 Å². The molecule has 0 aliphatic rings. The number of hydrogen-bond acceptors (Lipinski definition) is 4. The summed E-state index contributed by atoms with van der Waals surface area (Å²) in [6.45, 7) is 0. The van der Waals surface area contributed by atoms with Crippen molar-refractivity contribution in [3.8, 4) is 6.07 Å². The molecule has 0 aliphatic carbocycles. The molecule has 0 unspecified atom stereocenters. The first kappa shape index (κ1) is 11.8. The minimum Gasteiger partial charge on any atom is -0.376 e. The van der Waals surface area contributed by atoms with Gasteiger partial charge in [0.2, 0.25) is 0 Å². The average molecular weight is 229 g/mol. The Hall–Kier alpha value is -2.23. The molecule has 16 heavy (non-hydrogen) atoms. The van der Waals surface area contributed by atoms with Crippen molar-refractivity contribution in [2.24, 2.45) is 5.10 Å². The van der Waals surface area contributed by atoms with Crippen LogP contribution in [0.2, 0.25) is 0 Å². The zero-order valence-corrected chi connectivity index (χ0v) is 7.82. The molecule has 0 radical (unpaired) electrons. The molecule has 0 amide bonds. The van der Waals surface area contributed by atoms with E-state index in [1.807, 2.05) is 0 Å². The second kappa shape index (κ2) is 5.02. The van der Waals surface area contributed by atoms with Crippen LogP contribution in [0.3, 0.4) is 0 Å². The van der Waals surface area contributed by atoms with E-state index in [0.717, 1.165) is 0 Å². The fraction of sp³-hybridized carbons (Fsp3) is 0.111. The molecule has 0 bridgehead atoms. The summed E-state index contributed by atoms with van der Waals surface area (Å²) in [5.41, 5.74) is 2.70. The Kier molecular flexibility index (Phi) is 3.72. The number of nitriles is 1. The fourth-order valence-corrected chi connectivity index (χ4v) is 0.808. The van der Waals surface area contributed by atoms with Crippen LogP contribution in [-0.2, 0) is 4.74 Å². The number of hydrogen-bond donors (Lipinski definition) is 1. The summed E-state index contributed by atoms with van der Waals surface area (Å²) in [4.78, 5) is 0. The fourth-order valence-electron chi connectivity index (χ4n) is 0.808. The number of ether oxygens (including phenoxy) is 1. The van der Waals surface area contributed by atoms with Crippen LogP contribution in [-0.4, -0.2) is 12.3 Å². The monoisotopic (exact) mass is 229 g/mol. The number of nitrogens with zero attached hydrogens (tertiary/aromatic N) is 2. The van der Waals surface area contributed by atoms with Gasteiger partial charge in [-0.15, -0.1) is 18.3 Å². The Bertz CT molecular complexity index is 408. The van der Waals surface area contributed by atoms with Gasteiger partial charge in [-0.05, 0) is 12.1 Å². The van der Waals surface area contributed by atoms with E-state index in [1.165, 1.54) is 6.07 Å². The van der Waals surface area contributed by atoms with E-state index < -0.39 is 12.3 Å². The van der Waals surface area contributed by atoms with E-state index in [-0.39, 0.29) is 0 Å². The number of alkyl halides is 3. The van der Waals surface area contributed by atoms with Gasteiger partial charge in [-0.1, -0.05) is 18.2 Å². The third-order valence-electron chi connectivity index (χ3n) is 1.37. The number of halogens is 3. The molecule has 0 atom stereocenters. The van der Waals surface area contributed by atoms with Crippen LogP contribution in [0.1, 0.15) is 0 Å². The molecular formula is C9H6F3N3O. The van der Waals surface area contributed by atoms with Gasteiger partial charge in [0.15, 0.2) is 6.07 Å². The van der Waals surface area contributed by atoms with Crippen LogP contribution in [0.5, 0.6) is 0 Å². The summed E-state index contributed by atoms with van der Waals surface area (Å²) in [6, 6.07) is 9.38. The highest BCUT2D eigenvalue weighted by molar-refractivity contribution is 5.91. The van der Waals surface area contributed by atoms with E-state index in [4.69, 9.17) is 5.26 Å². The summed E-state index contributed by atoms with van der Waals surface area (Å²) in [5, 5.41) is 11.5. The number of nitrogens with one attached hydrogen (secondary N) is 1. The van der Waals surface area contributed by atoms with E-state index >= 15 is 0 Å². The number of rotatable bonds is 2. The SMILES string of the molecule is N#CC(=NNc1ccccc1)OC(F)(F)F. The lowest BCUT2D eigenvalue weighted by molar-refractivity contribution is -0.282. The van der Waals surface area contributed by atoms with Crippen molar-refractivity contribution in [1.82, 2.24) is 0 Å². The zero-order valence-electron chi connectivity index (χ0n) is 7.82. The maximum Gasteiger partial charge on any atom is 0.574 e. The van der Waals surface area contributed by atoms with E-state index in [0.29, 0.717) is 5.69 Å². The van der Waals surface area contributed by atoms with Crippen molar-refractivity contribution in [2.45, 2.75) is 6.36 Å². The summed E-state index contributed by atoms with van der Waals surface area (Å²) < 4.78 is 38.5. The highest BCUT2D eigenvalue weighted by Gasteiger charge is 2.33. The lowest BCUT2D eigenvalue weighted by Crippen LogP contribution is -2.19. The molecule has 0 heterocycles. The van der Waals surface area contributed by atoms with Crippen molar-refractivity contribution < 1.29 is 17.9 Å². The van der Waals surface area contributed by atoms with Crippen LogP contribution in [0, 0.1) is 11.3 Å². The largest absolute Gasteiger partial charge is 0.574 e. The van der Waals surface area contributed by atoms with Crippen molar-refractivity contribution >= 4 is 11.6 Å². The summed E-state index contributed by atoms with van der Waals surface area (Å²) in [6.07, 6.45) is -4.92. The second-order valence-corrected chi connectivity index (χ2v) is 2.55. The first-order chi connectivity index (χ1) is 7.51. The highest BCUT2D eigenvalue weighted by Crippen LogP contribution is 2.16. The number of anilines is 1. The Morgan fingerprint density at radius 1 is 1.31 bits per heavy atom. The Labute approximate surface area is 88.9 Å². The summed E-state index contributed by atoms with van der Waals surface area (Å²) >= 11 is 0. The standard InChI is InChI=1S/C9H6F3N3O/c10-9(11,12)16-8(6-13)15-14-7-4-2-1-3-5-7/h1-5,14H. The molecule has 1 aromatic rings. The van der Waals surface area contributed by atoms with Gasteiger partial charge in [-0.2, -0.15) is 5.26 Å². The Morgan fingerprint density at radius 3 is 2.44 bits per heavy atom. The first-order valence-electron chi connectivity index (χ1n) is 4.06. The van der Waals surface area contributed by atoms with E-state index in [1.54, 1.807) is 30.3 Å². The molecular weight excluding hydrogens is 223 g/mol. The quantitative estimate of drug-likeness (QED) is 0.481. The molecule has 0 spiro atoms. The van der Waals surface area contributed by atoms with Gasteiger partial charge < -0.3 is 4.74 Å². The third-order valence-corrected chi connectivity index (χ3v) is 1.37. The van der Waals surface area contributed by atoms with Crippen LogP contribution in [0.4, 0.5) is 18.9 Å². The molecule has 0 saturated carbocycles. The predicted octanol–water partition coefficient (Wildman–Crippen LogP) is 2.47. The molecule has 0 saturated heterocycles. The topological polar surface area (TPSA) is 57.4 Å². The number of benzene rings is 1.